The van der Waals surface area contributed by atoms with E-state index in [1.807, 2.05) is 0 Å². The first-order valence-corrected chi connectivity index (χ1v) is 5.74. The normalized spacial score (nSPS) is 10.4. The summed E-state index contributed by atoms with van der Waals surface area (Å²) in [6, 6.07) is 1.08. The average Bonchev–Trinajstić information content (AvgIpc) is 2.39. The second kappa shape index (κ2) is 8.39. The molecule has 0 radical (unpaired) electrons. The first kappa shape index (κ1) is 15.3. The van der Waals surface area contributed by atoms with Gasteiger partial charge in [-0.25, -0.2) is 14.2 Å². The van der Waals surface area contributed by atoms with Gasteiger partial charge in [0, 0.05) is 26.5 Å². The molecule has 0 atom stereocenters. The van der Waals surface area contributed by atoms with Crippen molar-refractivity contribution in [2.24, 2.45) is 0 Å². The average molecular weight is 273 g/mol. The molecule has 6 nitrogen and oxygen atoms in total. The van der Waals surface area contributed by atoms with Crippen molar-refractivity contribution in [1.82, 2.24) is 4.98 Å². The molecule has 0 aromatic carbocycles. The SMILES string of the molecule is COCCCOCCOc1nccc(C(=O)O)c1F. The predicted molar refractivity (Wildman–Crippen MR) is 64.0 cm³/mol. The van der Waals surface area contributed by atoms with Gasteiger partial charge in [0.25, 0.3) is 5.88 Å². The summed E-state index contributed by atoms with van der Waals surface area (Å²) in [6.45, 7) is 1.49. The van der Waals surface area contributed by atoms with Gasteiger partial charge in [-0.2, -0.15) is 0 Å². The molecule has 0 bridgehead atoms. The highest BCUT2D eigenvalue weighted by molar-refractivity contribution is 5.88. The summed E-state index contributed by atoms with van der Waals surface area (Å²) < 4.78 is 28.6. The summed E-state index contributed by atoms with van der Waals surface area (Å²) in [5.74, 6) is -2.67. The second-order valence-electron chi connectivity index (χ2n) is 3.59. The van der Waals surface area contributed by atoms with Crippen LogP contribution in [-0.4, -0.2) is 49.6 Å². The number of hydrogen-bond acceptors (Lipinski definition) is 5. The molecule has 0 unspecified atom stereocenters. The van der Waals surface area contributed by atoms with E-state index in [4.69, 9.17) is 19.3 Å². The number of aromatic nitrogens is 1. The Morgan fingerprint density at radius 1 is 1.37 bits per heavy atom. The molecule has 0 fully saturated rings. The molecule has 1 heterocycles. The Kier molecular flexibility index (Phi) is 6.76. The largest absolute Gasteiger partial charge is 0.478 e. The molecular weight excluding hydrogens is 257 g/mol. The van der Waals surface area contributed by atoms with Crippen LogP contribution in [0.25, 0.3) is 0 Å². The Hall–Kier alpha value is -1.73. The van der Waals surface area contributed by atoms with Crippen LogP contribution >= 0.6 is 0 Å². The van der Waals surface area contributed by atoms with Gasteiger partial charge in [-0.05, 0) is 12.5 Å². The summed E-state index contributed by atoms with van der Waals surface area (Å²) >= 11 is 0. The van der Waals surface area contributed by atoms with Gasteiger partial charge < -0.3 is 19.3 Å². The van der Waals surface area contributed by atoms with Gasteiger partial charge in [-0.1, -0.05) is 0 Å². The number of carboxylic acids is 1. The molecule has 1 aromatic rings. The molecule has 7 heteroatoms. The van der Waals surface area contributed by atoms with Gasteiger partial charge in [0.1, 0.15) is 12.2 Å². The zero-order valence-corrected chi connectivity index (χ0v) is 10.6. The summed E-state index contributed by atoms with van der Waals surface area (Å²) in [5.41, 5.74) is -0.467. The third-order valence-electron chi connectivity index (χ3n) is 2.19. The zero-order valence-electron chi connectivity index (χ0n) is 10.6. The molecule has 0 saturated heterocycles. The van der Waals surface area contributed by atoms with Crippen molar-refractivity contribution >= 4 is 5.97 Å². The van der Waals surface area contributed by atoms with Crippen molar-refractivity contribution in [2.45, 2.75) is 6.42 Å². The molecule has 0 aliphatic rings. The van der Waals surface area contributed by atoms with E-state index in [1.54, 1.807) is 7.11 Å². The van der Waals surface area contributed by atoms with Crippen LogP contribution in [0.4, 0.5) is 4.39 Å². The number of ether oxygens (including phenoxy) is 3. The summed E-state index contributed by atoms with van der Waals surface area (Å²) in [7, 11) is 1.60. The lowest BCUT2D eigenvalue weighted by Gasteiger charge is -2.08. The summed E-state index contributed by atoms with van der Waals surface area (Å²) in [5, 5.41) is 8.72. The van der Waals surface area contributed by atoms with E-state index in [0.717, 1.165) is 12.5 Å². The van der Waals surface area contributed by atoms with Gasteiger partial charge in [0.15, 0.2) is 5.82 Å². The number of carbonyl (C=O) groups is 1. The van der Waals surface area contributed by atoms with E-state index < -0.39 is 17.3 Å². The maximum Gasteiger partial charge on any atom is 0.338 e. The highest BCUT2D eigenvalue weighted by atomic mass is 19.1. The molecule has 0 aliphatic carbocycles. The topological polar surface area (TPSA) is 77.9 Å². The van der Waals surface area contributed by atoms with E-state index in [-0.39, 0.29) is 19.1 Å². The van der Waals surface area contributed by atoms with Crippen LogP contribution in [0.5, 0.6) is 5.88 Å². The predicted octanol–water partition coefficient (Wildman–Crippen LogP) is 1.35. The molecule has 1 rings (SSSR count). The van der Waals surface area contributed by atoms with E-state index in [0.29, 0.717) is 13.2 Å². The van der Waals surface area contributed by atoms with Gasteiger partial charge in [-0.15, -0.1) is 0 Å². The van der Waals surface area contributed by atoms with Crippen LogP contribution in [0, 0.1) is 5.82 Å². The zero-order chi connectivity index (χ0) is 14.1. The number of nitrogens with zero attached hydrogens (tertiary/aromatic N) is 1. The Morgan fingerprint density at radius 2 is 2.16 bits per heavy atom. The van der Waals surface area contributed by atoms with Crippen LogP contribution < -0.4 is 4.74 Å². The highest BCUT2D eigenvalue weighted by Gasteiger charge is 2.15. The monoisotopic (exact) mass is 273 g/mol. The van der Waals surface area contributed by atoms with Crippen molar-refractivity contribution in [3.63, 3.8) is 0 Å². The first-order chi connectivity index (χ1) is 9.16. The maximum absolute atomic E-state index is 13.6. The van der Waals surface area contributed by atoms with Gasteiger partial charge >= 0.3 is 5.97 Å². The minimum atomic E-state index is -1.36. The Morgan fingerprint density at radius 3 is 2.84 bits per heavy atom. The Balaban J connectivity index is 2.33. The highest BCUT2D eigenvalue weighted by Crippen LogP contribution is 2.17. The number of carboxylic acid groups (broad SMARTS) is 1. The standard InChI is InChI=1S/C12H16FNO5/c1-17-5-2-6-18-7-8-19-11-10(13)9(12(15)16)3-4-14-11/h3-4H,2,5-8H2,1H3,(H,15,16). The van der Waals surface area contributed by atoms with Crippen LogP contribution in [0.2, 0.25) is 0 Å². The number of methoxy groups -OCH3 is 1. The lowest BCUT2D eigenvalue weighted by atomic mass is 10.2. The Bertz CT molecular complexity index is 413. The smallest absolute Gasteiger partial charge is 0.338 e. The lowest BCUT2D eigenvalue weighted by Crippen LogP contribution is -2.11. The molecule has 0 spiro atoms. The van der Waals surface area contributed by atoms with Crippen molar-refractivity contribution in [3.05, 3.63) is 23.6 Å². The molecule has 19 heavy (non-hydrogen) atoms. The molecule has 106 valence electrons. The Labute approximate surface area is 110 Å². The van der Waals surface area contributed by atoms with Gasteiger partial charge in [-0.3, -0.25) is 0 Å². The number of aromatic carboxylic acids is 1. The molecule has 1 N–H and O–H groups in total. The molecule has 0 saturated carbocycles. The van der Waals surface area contributed by atoms with Crippen molar-refractivity contribution in [2.75, 3.05) is 33.5 Å². The minimum Gasteiger partial charge on any atom is -0.478 e. The van der Waals surface area contributed by atoms with E-state index in [9.17, 15) is 9.18 Å². The van der Waals surface area contributed by atoms with E-state index in [2.05, 4.69) is 4.98 Å². The van der Waals surface area contributed by atoms with Crippen molar-refractivity contribution < 1.29 is 28.5 Å². The fourth-order valence-electron chi connectivity index (χ4n) is 1.29. The van der Waals surface area contributed by atoms with Gasteiger partial charge in [0.2, 0.25) is 0 Å². The third-order valence-corrected chi connectivity index (χ3v) is 2.19. The fourth-order valence-corrected chi connectivity index (χ4v) is 1.29. The van der Waals surface area contributed by atoms with Crippen LogP contribution in [-0.2, 0) is 9.47 Å². The fraction of sp³-hybridized carbons (Fsp3) is 0.500. The van der Waals surface area contributed by atoms with Crippen LogP contribution in [0.15, 0.2) is 12.3 Å². The molecular formula is C12H16FNO5. The quantitative estimate of drug-likeness (QED) is 0.684. The first-order valence-electron chi connectivity index (χ1n) is 5.74. The second-order valence-corrected chi connectivity index (χ2v) is 3.59. The number of hydrogen-bond donors (Lipinski definition) is 1. The molecule has 0 amide bonds. The minimum absolute atomic E-state index is 0.0972. The van der Waals surface area contributed by atoms with Gasteiger partial charge in [0.05, 0.1) is 6.61 Å². The number of rotatable bonds is 9. The molecule has 0 aliphatic heterocycles. The van der Waals surface area contributed by atoms with Crippen LogP contribution in [0.3, 0.4) is 0 Å². The summed E-state index contributed by atoms with van der Waals surface area (Å²) in [6.07, 6.45) is 1.94. The number of halogens is 1. The lowest BCUT2D eigenvalue weighted by molar-refractivity contribution is 0.0686. The summed E-state index contributed by atoms with van der Waals surface area (Å²) in [4.78, 5) is 14.3. The third kappa shape index (κ3) is 5.19. The van der Waals surface area contributed by atoms with Crippen molar-refractivity contribution in [3.8, 4) is 5.88 Å². The van der Waals surface area contributed by atoms with E-state index in [1.165, 1.54) is 6.20 Å². The number of pyridine rings is 1. The van der Waals surface area contributed by atoms with E-state index >= 15 is 0 Å². The molecule has 1 aromatic heterocycles. The van der Waals surface area contributed by atoms with Crippen molar-refractivity contribution in [1.29, 1.82) is 0 Å². The van der Waals surface area contributed by atoms with Crippen LogP contribution in [0.1, 0.15) is 16.8 Å². The maximum atomic E-state index is 13.6.